The highest BCUT2D eigenvalue weighted by molar-refractivity contribution is 5.64. The van der Waals surface area contributed by atoms with Gasteiger partial charge in [-0.2, -0.15) is 13.2 Å². The maximum Gasteiger partial charge on any atom is 0.416 e. The zero-order valence-corrected chi connectivity index (χ0v) is 9.67. The van der Waals surface area contributed by atoms with Crippen molar-refractivity contribution in [1.82, 2.24) is 9.97 Å². The predicted octanol–water partition coefficient (Wildman–Crippen LogP) is 3.24. The van der Waals surface area contributed by atoms with E-state index in [1.165, 1.54) is 12.1 Å². The molecule has 18 heavy (non-hydrogen) atoms. The monoisotopic (exact) mass is 255 g/mol. The van der Waals surface area contributed by atoms with Gasteiger partial charge >= 0.3 is 6.18 Å². The fraction of sp³-hybridized carbons (Fsp3) is 0.250. The van der Waals surface area contributed by atoms with Crippen LogP contribution in [-0.2, 0) is 12.6 Å². The van der Waals surface area contributed by atoms with Crippen molar-refractivity contribution in [2.75, 3.05) is 5.73 Å². The quantitative estimate of drug-likeness (QED) is 0.865. The van der Waals surface area contributed by atoms with E-state index in [1.807, 2.05) is 6.92 Å². The number of aromatic amines is 1. The summed E-state index contributed by atoms with van der Waals surface area (Å²) < 4.78 is 37.3. The minimum Gasteiger partial charge on any atom is -0.369 e. The standard InChI is InChI=1S/C12H12F3N3/c1-2-9-10(18-11(16)17-9)7-3-5-8(6-4-7)12(13,14)15/h3-6H,2H2,1H3,(H3,16,17,18). The topological polar surface area (TPSA) is 54.7 Å². The van der Waals surface area contributed by atoms with Gasteiger partial charge in [-0.25, -0.2) is 4.98 Å². The molecule has 0 spiro atoms. The summed E-state index contributed by atoms with van der Waals surface area (Å²) in [5.41, 5.74) is 6.90. The smallest absolute Gasteiger partial charge is 0.369 e. The van der Waals surface area contributed by atoms with Crippen LogP contribution in [0.5, 0.6) is 0 Å². The Morgan fingerprint density at radius 3 is 2.33 bits per heavy atom. The summed E-state index contributed by atoms with van der Waals surface area (Å²) >= 11 is 0. The van der Waals surface area contributed by atoms with Crippen LogP contribution in [0.3, 0.4) is 0 Å². The van der Waals surface area contributed by atoms with Crippen LogP contribution in [0, 0.1) is 0 Å². The van der Waals surface area contributed by atoms with Gasteiger partial charge in [0.05, 0.1) is 11.3 Å². The first-order valence-electron chi connectivity index (χ1n) is 5.43. The molecule has 1 aromatic heterocycles. The summed E-state index contributed by atoms with van der Waals surface area (Å²) in [6.07, 6.45) is -3.64. The second-order valence-electron chi connectivity index (χ2n) is 3.88. The van der Waals surface area contributed by atoms with Gasteiger partial charge < -0.3 is 10.7 Å². The number of nitrogens with one attached hydrogen (secondary N) is 1. The highest BCUT2D eigenvalue weighted by Gasteiger charge is 2.30. The number of alkyl halides is 3. The molecule has 0 unspecified atom stereocenters. The third-order valence-corrected chi connectivity index (χ3v) is 2.64. The summed E-state index contributed by atoms with van der Waals surface area (Å²) in [4.78, 5) is 6.97. The zero-order valence-electron chi connectivity index (χ0n) is 9.67. The molecule has 3 N–H and O–H groups in total. The lowest BCUT2D eigenvalue weighted by atomic mass is 10.1. The third-order valence-electron chi connectivity index (χ3n) is 2.64. The van der Waals surface area contributed by atoms with Crippen LogP contribution in [0.4, 0.5) is 19.1 Å². The van der Waals surface area contributed by atoms with E-state index in [-0.39, 0.29) is 5.95 Å². The van der Waals surface area contributed by atoms with Gasteiger partial charge in [-0.1, -0.05) is 19.1 Å². The van der Waals surface area contributed by atoms with Gasteiger partial charge in [0.2, 0.25) is 0 Å². The van der Waals surface area contributed by atoms with E-state index in [2.05, 4.69) is 9.97 Å². The Morgan fingerprint density at radius 1 is 1.22 bits per heavy atom. The summed E-state index contributed by atoms with van der Waals surface area (Å²) in [6.45, 7) is 1.92. The lowest BCUT2D eigenvalue weighted by Gasteiger charge is -2.07. The SMILES string of the molecule is CCc1[nH]c(N)nc1-c1ccc(C(F)(F)F)cc1. The molecule has 0 fully saturated rings. The number of imidazole rings is 1. The molecule has 0 aliphatic rings. The first-order chi connectivity index (χ1) is 8.41. The van der Waals surface area contributed by atoms with Gasteiger partial charge in [0.15, 0.2) is 5.95 Å². The van der Waals surface area contributed by atoms with Crippen molar-refractivity contribution in [2.24, 2.45) is 0 Å². The number of nitrogens with zero attached hydrogens (tertiary/aromatic N) is 1. The summed E-state index contributed by atoms with van der Waals surface area (Å²) in [6, 6.07) is 4.88. The molecule has 0 atom stereocenters. The number of anilines is 1. The number of nitrogen functional groups attached to an aromatic ring is 1. The van der Waals surface area contributed by atoms with Gasteiger partial charge in [-0.15, -0.1) is 0 Å². The van der Waals surface area contributed by atoms with Crippen LogP contribution in [0.15, 0.2) is 24.3 Å². The summed E-state index contributed by atoms with van der Waals surface area (Å²) in [5.74, 6) is 0.266. The molecule has 0 saturated carbocycles. The van der Waals surface area contributed by atoms with Gasteiger partial charge in [0.1, 0.15) is 0 Å². The molecule has 3 nitrogen and oxygen atoms in total. The molecule has 96 valence electrons. The van der Waals surface area contributed by atoms with Crippen LogP contribution in [0.2, 0.25) is 0 Å². The van der Waals surface area contributed by atoms with E-state index in [4.69, 9.17) is 5.73 Å². The van der Waals surface area contributed by atoms with Crippen LogP contribution in [0.25, 0.3) is 11.3 Å². The number of hydrogen-bond acceptors (Lipinski definition) is 2. The molecule has 1 heterocycles. The Balaban J connectivity index is 2.40. The molecule has 0 radical (unpaired) electrons. The first-order valence-corrected chi connectivity index (χ1v) is 5.43. The molecule has 0 aliphatic carbocycles. The Hall–Kier alpha value is -1.98. The van der Waals surface area contributed by atoms with E-state index < -0.39 is 11.7 Å². The van der Waals surface area contributed by atoms with Gasteiger partial charge in [0.25, 0.3) is 0 Å². The van der Waals surface area contributed by atoms with E-state index in [1.54, 1.807) is 0 Å². The van der Waals surface area contributed by atoms with Gasteiger partial charge in [-0.3, -0.25) is 0 Å². The summed E-state index contributed by atoms with van der Waals surface area (Å²) in [5, 5.41) is 0. The molecule has 1 aromatic carbocycles. The van der Waals surface area contributed by atoms with E-state index >= 15 is 0 Å². The Bertz CT molecular complexity index is 541. The number of aromatic nitrogens is 2. The molecule has 2 rings (SSSR count). The fourth-order valence-electron chi connectivity index (χ4n) is 1.74. The molecule has 0 amide bonds. The number of rotatable bonds is 2. The first kappa shape index (κ1) is 12.5. The Morgan fingerprint density at radius 2 is 1.83 bits per heavy atom. The van der Waals surface area contributed by atoms with Crippen molar-refractivity contribution >= 4 is 5.95 Å². The molecular formula is C12H12F3N3. The number of hydrogen-bond donors (Lipinski definition) is 2. The lowest BCUT2D eigenvalue weighted by Crippen LogP contribution is -2.04. The molecule has 2 aromatic rings. The maximum absolute atomic E-state index is 12.4. The average Bonchev–Trinajstić information content (AvgIpc) is 2.69. The molecular weight excluding hydrogens is 243 g/mol. The molecule has 0 aliphatic heterocycles. The van der Waals surface area contributed by atoms with Crippen molar-refractivity contribution in [3.05, 3.63) is 35.5 Å². The van der Waals surface area contributed by atoms with Crippen molar-refractivity contribution in [1.29, 1.82) is 0 Å². The Kier molecular flexibility index (Phi) is 3.02. The van der Waals surface area contributed by atoms with Crippen LogP contribution < -0.4 is 5.73 Å². The maximum atomic E-state index is 12.4. The van der Waals surface area contributed by atoms with Crippen molar-refractivity contribution in [3.8, 4) is 11.3 Å². The largest absolute Gasteiger partial charge is 0.416 e. The normalized spacial score (nSPS) is 11.8. The minimum absolute atomic E-state index is 0.266. The molecule has 6 heteroatoms. The number of aryl methyl sites for hydroxylation is 1. The van der Waals surface area contributed by atoms with Gasteiger partial charge in [-0.05, 0) is 18.6 Å². The predicted molar refractivity (Wildman–Crippen MR) is 62.8 cm³/mol. The van der Waals surface area contributed by atoms with Crippen molar-refractivity contribution in [3.63, 3.8) is 0 Å². The number of nitrogens with two attached hydrogens (primary N) is 1. The highest BCUT2D eigenvalue weighted by atomic mass is 19.4. The van der Waals surface area contributed by atoms with E-state index in [0.29, 0.717) is 17.7 Å². The lowest BCUT2D eigenvalue weighted by molar-refractivity contribution is -0.137. The number of benzene rings is 1. The summed E-state index contributed by atoms with van der Waals surface area (Å²) in [7, 11) is 0. The zero-order chi connectivity index (χ0) is 13.3. The van der Waals surface area contributed by atoms with Crippen LogP contribution in [0.1, 0.15) is 18.2 Å². The van der Waals surface area contributed by atoms with Crippen LogP contribution >= 0.6 is 0 Å². The fourth-order valence-corrected chi connectivity index (χ4v) is 1.74. The van der Waals surface area contributed by atoms with Crippen molar-refractivity contribution < 1.29 is 13.2 Å². The Labute approximate surface area is 102 Å². The molecule has 0 bridgehead atoms. The number of H-pyrrole nitrogens is 1. The van der Waals surface area contributed by atoms with E-state index in [9.17, 15) is 13.2 Å². The average molecular weight is 255 g/mol. The van der Waals surface area contributed by atoms with E-state index in [0.717, 1.165) is 17.8 Å². The second kappa shape index (κ2) is 4.36. The third kappa shape index (κ3) is 2.32. The highest BCUT2D eigenvalue weighted by Crippen LogP contribution is 2.31. The van der Waals surface area contributed by atoms with Crippen molar-refractivity contribution in [2.45, 2.75) is 19.5 Å². The van der Waals surface area contributed by atoms with Crippen LogP contribution in [-0.4, -0.2) is 9.97 Å². The minimum atomic E-state index is -4.32. The number of halogens is 3. The van der Waals surface area contributed by atoms with Gasteiger partial charge in [0, 0.05) is 11.3 Å². The second-order valence-corrected chi connectivity index (χ2v) is 3.88. The molecule has 0 saturated heterocycles.